The summed E-state index contributed by atoms with van der Waals surface area (Å²) < 4.78 is 0. The van der Waals surface area contributed by atoms with Gasteiger partial charge in [-0.15, -0.1) is 0 Å². The van der Waals surface area contributed by atoms with Crippen molar-refractivity contribution in [3.8, 4) is 0 Å². The van der Waals surface area contributed by atoms with Crippen molar-refractivity contribution in [2.45, 2.75) is 64.0 Å². The second-order valence-corrected chi connectivity index (χ2v) is 6.06. The molecule has 0 aromatic rings. The fourth-order valence-corrected chi connectivity index (χ4v) is 2.49. The molecule has 1 heterocycles. The van der Waals surface area contributed by atoms with Gasteiger partial charge >= 0.3 is 0 Å². The molecule has 0 amide bonds. The molecule has 3 nitrogen and oxygen atoms in total. The second kappa shape index (κ2) is 5.48. The van der Waals surface area contributed by atoms with Gasteiger partial charge in [0, 0.05) is 12.1 Å². The Hall–Kier alpha value is -0.120. The van der Waals surface area contributed by atoms with Gasteiger partial charge in [-0.1, -0.05) is 0 Å². The lowest BCUT2D eigenvalue weighted by Crippen LogP contribution is -2.39. The van der Waals surface area contributed by atoms with Crippen molar-refractivity contribution >= 4 is 0 Å². The molecule has 96 valence electrons. The van der Waals surface area contributed by atoms with E-state index in [0.29, 0.717) is 12.1 Å². The van der Waals surface area contributed by atoms with Crippen LogP contribution in [0.2, 0.25) is 0 Å². The molecule has 1 aliphatic rings. The van der Waals surface area contributed by atoms with E-state index in [-0.39, 0.29) is 0 Å². The van der Waals surface area contributed by atoms with Crippen LogP contribution in [0.3, 0.4) is 0 Å². The third-order valence-electron chi connectivity index (χ3n) is 3.91. The number of nitrogens with zero attached hydrogens (tertiary/aromatic N) is 1. The lowest BCUT2D eigenvalue weighted by atomic mass is 9.98. The minimum atomic E-state index is -0.666. The summed E-state index contributed by atoms with van der Waals surface area (Å²) in [7, 11) is 0. The first-order valence-corrected chi connectivity index (χ1v) is 6.55. The first-order valence-electron chi connectivity index (χ1n) is 6.55. The first kappa shape index (κ1) is 13.9. The lowest BCUT2D eigenvalue weighted by molar-refractivity contribution is 0.0555. The molecular formula is C13H28N2O. The molecule has 0 bridgehead atoms. The highest BCUT2D eigenvalue weighted by Gasteiger charge is 2.31. The number of hydrogen-bond donors (Lipinski definition) is 2. The molecule has 3 heteroatoms. The van der Waals surface area contributed by atoms with Crippen LogP contribution in [-0.4, -0.2) is 40.8 Å². The van der Waals surface area contributed by atoms with Gasteiger partial charge in [0.2, 0.25) is 0 Å². The zero-order chi connectivity index (χ0) is 12.2. The fraction of sp³-hybridized carbons (Fsp3) is 1.00. The molecule has 1 unspecified atom stereocenters. The molecule has 1 atom stereocenters. The number of nitrogens with two attached hydrogens (primary N) is 1. The summed E-state index contributed by atoms with van der Waals surface area (Å²) in [5.41, 5.74) is 5.21. The number of likely N-dealkylation sites (tertiary alicyclic amines) is 1. The molecule has 1 fully saturated rings. The maximum Gasteiger partial charge on any atom is 0.0741 e. The Morgan fingerprint density at radius 3 is 2.56 bits per heavy atom. The van der Waals surface area contributed by atoms with Crippen molar-refractivity contribution in [2.24, 2.45) is 5.73 Å². The molecule has 0 aliphatic carbocycles. The van der Waals surface area contributed by atoms with Crippen molar-refractivity contribution < 1.29 is 5.11 Å². The molecule has 0 spiro atoms. The quantitative estimate of drug-likeness (QED) is 0.681. The Kier molecular flexibility index (Phi) is 4.77. The van der Waals surface area contributed by atoms with Crippen LogP contribution in [0, 0.1) is 0 Å². The Labute approximate surface area is 100 Å². The zero-order valence-corrected chi connectivity index (χ0v) is 11.1. The molecule has 16 heavy (non-hydrogen) atoms. The first-order chi connectivity index (χ1) is 7.37. The largest absolute Gasteiger partial charge is 0.389 e. The van der Waals surface area contributed by atoms with Gasteiger partial charge in [0.1, 0.15) is 0 Å². The Balaban J connectivity index is 2.16. The summed E-state index contributed by atoms with van der Waals surface area (Å²) >= 11 is 0. The van der Waals surface area contributed by atoms with E-state index in [1.54, 1.807) is 0 Å². The van der Waals surface area contributed by atoms with Crippen LogP contribution in [0.5, 0.6) is 0 Å². The van der Waals surface area contributed by atoms with Gasteiger partial charge in [0.05, 0.1) is 5.60 Å². The highest BCUT2D eigenvalue weighted by Crippen LogP contribution is 2.28. The van der Waals surface area contributed by atoms with Crippen LogP contribution in [-0.2, 0) is 0 Å². The minimum Gasteiger partial charge on any atom is -0.389 e. The second-order valence-electron chi connectivity index (χ2n) is 6.06. The smallest absolute Gasteiger partial charge is 0.0741 e. The maximum absolute atomic E-state index is 9.78. The van der Waals surface area contributed by atoms with E-state index in [1.165, 1.54) is 25.8 Å². The summed E-state index contributed by atoms with van der Waals surface area (Å²) in [5, 5.41) is 9.78. The van der Waals surface area contributed by atoms with Crippen LogP contribution < -0.4 is 5.73 Å². The van der Waals surface area contributed by atoms with Crippen LogP contribution in [0.15, 0.2) is 0 Å². The number of rotatable bonds is 6. The van der Waals surface area contributed by atoms with E-state index < -0.39 is 5.60 Å². The fourth-order valence-electron chi connectivity index (χ4n) is 2.49. The van der Waals surface area contributed by atoms with Gasteiger partial charge in [0.15, 0.2) is 0 Å². The van der Waals surface area contributed by atoms with Crippen molar-refractivity contribution in [3.05, 3.63) is 0 Å². The van der Waals surface area contributed by atoms with E-state index in [1.807, 2.05) is 6.92 Å². The summed E-state index contributed by atoms with van der Waals surface area (Å²) in [6, 6.07) is 0. The summed E-state index contributed by atoms with van der Waals surface area (Å²) in [5.74, 6) is 0. The van der Waals surface area contributed by atoms with Crippen LogP contribution in [0.1, 0.15) is 52.9 Å². The molecule has 3 N–H and O–H groups in total. The van der Waals surface area contributed by atoms with E-state index in [9.17, 15) is 5.11 Å². The Morgan fingerprint density at radius 1 is 1.38 bits per heavy atom. The molecule has 0 saturated carbocycles. The monoisotopic (exact) mass is 228 g/mol. The van der Waals surface area contributed by atoms with E-state index in [4.69, 9.17) is 5.73 Å². The van der Waals surface area contributed by atoms with Gasteiger partial charge in [-0.2, -0.15) is 0 Å². The Morgan fingerprint density at radius 2 is 2.06 bits per heavy atom. The third-order valence-corrected chi connectivity index (χ3v) is 3.91. The number of aliphatic hydroxyl groups is 1. The number of hydrogen-bond acceptors (Lipinski definition) is 3. The predicted molar refractivity (Wildman–Crippen MR) is 68.4 cm³/mol. The van der Waals surface area contributed by atoms with Crippen molar-refractivity contribution in [1.29, 1.82) is 0 Å². The topological polar surface area (TPSA) is 49.5 Å². The average Bonchev–Trinajstić information content (AvgIpc) is 2.53. The predicted octanol–water partition coefficient (Wildman–Crippen LogP) is 1.74. The standard InChI is InChI=1S/C13H28N2O/c1-12(2)7-6-10-15(12)9-5-4-8-13(3,16)11-14/h16H,4-11,14H2,1-3H3. The molecular weight excluding hydrogens is 200 g/mol. The highest BCUT2D eigenvalue weighted by atomic mass is 16.3. The van der Waals surface area contributed by atoms with E-state index >= 15 is 0 Å². The molecule has 0 radical (unpaired) electrons. The maximum atomic E-state index is 9.78. The molecule has 1 aliphatic heterocycles. The van der Waals surface area contributed by atoms with Crippen molar-refractivity contribution in [1.82, 2.24) is 4.90 Å². The zero-order valence-electron chi connectivity index (χ0n) is 11.1. The Bertz CT molecular complexity index is 214. The van der Waals surface area contributed by atoms with Crippen LogP contribution in [0.25, 0.3) is 0 Å². The van der Waals surface area contributed by atoms with Crippen molar-refractivity contribution in [3.63, 3.8) is 0 Å². The number of unbranched alkanes of at least 4 members (excludes halogenated alkanes) is 1. The minimum absolute atomic E-state index is 0.363. The summed E-state index contributed by atoms with van der Waals surface area (Å²) in [6.07, 6.45) is 5.69. The van der Waals surface area contributed by atoms with Gasteiger partial charge in [-0.3, -0.25) is 4.90 Å². The van der Waals surface area contributed by atoms with Gasteiger partial charge in [-0.25, -0.2) is 0 Å². The lowest BCUT2D eigenvalue weighted by Gasteiger charge is -2.31. The van der Waals surface area contributed by atoms with Gasteiger partial charge in [0.25, 0.3) is 0 Å². The summed E-state index contributed by atoms with van der Waals surface area (Å²) in [4.78, 5) is 2.57. The van der Waals surface area contributed by atoms with Crippen LogP contribution >= 0.6 is 0 Å². The molecule has 0 aromatic heterocycles. The molecule has 0 aromatic carbocycles. The van der Waals surface area contributed by atoms with E-state index in [0.717, 1.165) is 19.4 Å². The highest BCUT2D eigenvalue weighted by molar-refractivity contribution is 4.87. The SMILES string of the molecule is CC(O)(CN)CCCCN1CCCC1(C)C. The normalized spacial score (nSPS) is 24.6. The average molecular weight is 228 g/mol. The molecule has 1 rings (SSSR count). The van der Waals surface area contributed by atoms with Crippen LogP contribution in [0.4, 0.5) is 0 Å². The van der Waals surface area contributed by atoms with E-state index in [2.05, 4.69) is 18.7 Å². The third kappa shape index (κ3) is 4.04. The molecule has 1 saturated heterocycles. The van der Waals surface area contributed by atoms with Gasteiger partial charge < -0.3 is 10.8 Å². The summed E-state index contributed by atoms with van der Waals surface area (Å²) in [6.45, 7) is 9.25. The van der Waals surface area contributed by atoms with Gasteiger partial charge in [-0.05, 0) is 66.0 Å². The van der Waals surface area contributed by atoms with Crippen molar-refractivity contribution in [2.75, 3.05) is 19.6 Å².